The van der Waals surface area contributed by atoms with Gasteiger partial charge in [0.1, 0.15) is 11.5 Å². The summed E-state index contributed by atoms with van der Waals surface area (Å²) in [5, 5.41) is 22.9. The molecular weight excluding hydrogens is 540 g/mol. The number of rotatable bonds is 12. The van der Waals surface area contributed by atoms with Crippen LogP contribution in [0.2, 0.25) is 0 Å². The summed E-state index contributed by atoms with van der Waals surface area (Å²) in [6, 6.07) is 8.76. The molecule has 44 heavy (non-hydrogen) atoms. The van der Waals surface area contributed by atoms with Gasteiger partial charge in [-0.3, -0.25) is 9.98 Å². The third-order valence-electron chi connectivity index (χ3n) is 11.3. The second-order valence-electron chi connectivity index (χ2n) is 15.8. The molecular formula is C40H62N2O2. The molecule has 0 aromatic heterocycles. The van der Waals surface area contributed by atoms with Crippen LogP contribution in [-0.4, -0.2) is 34.7 Å². The van der Waals surface area contributed by atoms with E-state index >= 15 is 0 Å². The zero-order chi connectivity index (χ0) is 33.1. The van der Waals surface area contributed by atoms with Gasteiger partial charge in [-0.2, -0.15) is 0 Å². The van der Waals surface area contributed by atoms with E-state index in [9.17, 15) is 10.2 Å². The first kappa shape index (κ1) is 35.9. The fourth-order valence-electron chi connectivity index (χ4n) is 5.90. The average Bonchev–Trinajstić information content (AvgIpc) is 2.99. The quantitative estimate of drug-likeness (QED) is 0.237. The highest BCUT2D eigenvalue weighted by Gasteiger charge is 2.30. The summed E-state index contributed by atoms with van der Waals surface area (Å²) in [7, 11) is 0. The van der Waals surface area contributed by atoms with E-state index in [1.54, 1.807) is 0 Å². The van der Waals surface area contributed by atoms with Gasteiger partial charge in [0, 0.05) is 34.7 Å². The molecule has 244 valence electrons. The number of aliphatic imine (C=N–C) groups is 2. The lowest BCUT2D eigenvalue weighted by Gasteiger charge is -2.31. The van der Waals surface area contributed by atoms with Crippen molar-refractivity contribution in [2.45, 2.75) is 168 Å². The van der Waals surface area contributed by atoms with Gasteiger partial charge in [-0.15, -0.1) is 0 Å². The maximum absolute atomic E-state index is 11.5. The van der Waals surface area contributed by atoms with Crippen molar-refractivity contribution in [1.29, 1.82) is 0 Å². The number of aromatic hydroxyl groups is 2. The molecule has 1 aliphatic carbocycles. The monoisotopic (exact) mass is 602 g/mol. The molecule has 2 aromatic rings. The Hall–Kier alpha value is -2.62. The third kappa shape index (κ3) is 7.77. The van der Waals surface area contributed by atoms with Gasteiger partial charge in [-0.05, 0) is 83.4 Å². The average molecular weight is 603 g/mol. The molecule has 0 heterocycles. The minimum absolute atomic E-state index is 0.000599. The van der Waals surface area contributed by atoms with E-state index in [0.717, 1.165) is 73.6 Å². The Morgan fingerprint density at radius 2 is 0.886 bits per heavy atom. The van der Waals surface area contributed by atoms with Crippen LogP contribution in [-0.2, 0) is 21.7 Å². The fourth-order valence-corrected chi connectivity index (χ4v) is 5.90. The zero-order valence-electron chi connectivity index (χ0n) is 30.1. The lowest BCUT2D eigenvalue weighted by molar-refractivity contribution is 0.389. The van der Waals surface area contributed by atoms with E-state index in [1.165, 1.54) is 11.1 Å². The van der Waals surface area contributed by atoms with E-state index in [4.69, 9.17) is 9.98 Å². The molecule has 0 saturated heterocycles. The minimum atomic E-state index is -0.141. The van der Waals surface area contributed by atoms with Crippen molar-refractivity contribution in [2.75, 3.05) is 0 Å². The maximum atomic E-state index is 11.5. The lowest BCUT2D eigenvalue weighted by atomic mass is 9.75. The van der Waals surface area contributed by atoms with E-state index in [2.05, 4.69) is 107 Å². The van der Waals surface area contributed by atoms with Crippen LogP contribution in [0, 0.1) is 0 Å². The van der Waals surface area contributed by atoms with Gasteiger partial charge in [0.25, 0.3) is 0 Å². The summed E-state index contributed by atoms with van der Waals surface area (Å²) in [4.78, 5) is 10.2. The third-order valence-corrected chi connectivity index (χ3v) is 11.3. The number of hydrogen-bond donors (Lipinski definition) is 2. The molecule has 2 atom stereocenters. The van der Waals surface area contributed by atoms with E-state index in [0.29, 0.717) is 11.5 Å². The maximum Gasteiger partial charge on any atom is 0.128 e. The number of nitrogens with zero attached hydrogens (tertiary/aromatic N) is 2. The summed E-state index contributed by atoms with van der Waals surface area (Å²) in [6.07, 6.45) is 11.9. The predicted octanol–water partition coefficient (Wildman–Crippen LogP) is 10.7. The number of benzene rings is 2. The predicted molar refractivity (Wildman–Crippen MR) is 191 cm³/mol. The summed E-state index contributed by atoms with van der Waals surface area (Å²) in [6.45, 7) is 26.7. The van der Waals surface area contributed by atoms with E-state index in [-0.39, 0.29) is 33.7 Å². The first-order valence-corrected chi connectivity index (χ1v) is 17.3. The fraction of sp³-hybridized carbons (Fsp3) is 0.650. The summed E-state index contributed by atoms with van der Waals surface area (Å²) in [5.41, 5.74) is 5.79. The highest BCUT2D eigenvalue weighted by atomic mass is 16.3. The van der Waals surface area contributed by atoms with Gasteiger partial charge < -0.3 is 10.2 Å². The Kier molecular flexibility index (Phi) is 11.2. The highest BCUT2D eigenvalue weighted by molar-refractivity contribution is 5.86. The highest BCUT2D eigenvalue weighted by Crippen LogP contribution is 2.41. The largest absolute Gasteiger partial charge is 0.507 e. The van der Waals surface area contributed by atoms with Gasteiger partial charge in [0.2, 0.25) is 0 Å². The SMILES string of the molecule is CCC(C)(C)c1cc(C=NC2CCCCC2N=Cc2cc(C(C)(C)CC)cc(C(C)(C)CC)c2O)c(O)c(C(C)(C)CC)c1. The molecule has 0 amide bonds. The first-order chi connectivity index (χ1) is 20.4. The molecule has 1 saturated carbocycles. The smallest absolute Gasteiger partial charge is 0.128 e. The van der Waals surface area contributed by atoms with Crippen LogP contribution in [0.1, 0.15) is 168 Å². The van der Waals surface area contributed by atoms with Crippen LogP contribution in [0.25, 0.3) is 0 Å². The molecule has 2 aromatic carbocycles. The number of hydrogen-bond acceptors (Lipinski definition) is 4. The van der Waals surface area contributed by atoms with Crippen LogP contribution in [0.15, 0.2) is 34.3 Å². The van der Waals surface area contributed by atoms with Crippen molar-refractivity contribution in [3.63, 3.8) is 0 Å². The Bertz CT molecular complexity index is 1240. The second-order valence-corrected chi connectivity index (χ2v) is 15.8. The molecule has 1 fully saturated rings. The van der Waals surface area contributed by atoms with Gasteiger partial charge in [0.15, 0.2) is 0 Å². The van der Waals surface area contributed by atoms with Gasteiger partial charge in [-0.1, -0.05) is 108 Å². The molecule has 2 unspecified atom stereocenters. The van der Waals surface area contributed by atoms with Crippen LogP contribution >= 0.6 is 0 Å². The van der Waals surface area contributed by atoms with Crippen molar-refractivity contribution < 1.29 is 10.2 Å². The van der Waals surface area contributed by atoms with Gasteiger partial charge in [-0.25, -0.2) is 0 Å². The van der Waals surface area contributed by atoms with E-state index in [1.807, 2.05) is 12.4 Å². The molecule has 1 aliphatic rings. The van der Waals surface area contributed by atoms with Crippen LogP contribution in [0.3, 0.4) is 0 Å². The van der Waals surface area contributed by atoms with Gasteiger partial charge in [0.05, 0.1) is 12.1 Å². The van der Waals surface area contributed by atoms with E-state index < -0.39 is 0 Å². The van der Waals surface area contributed by atoms with Gasteiger partial charge >= 0.3 is 0 Å². The van der Waals surface area contributed by atoms with Crippen LogP contribution in [0.5, 0.6) is 11.5 Å². The summed E-state index contributed by atoms with van der Waals surface area (Å²) in [5.74, 6) is 0.692. The standard InChI is InChI=1S/C40H62N2O2/c1-13-37(5,6)29-21-27(35(43)31(23-29)39(9,10)15-3)25-41-33-19-17-18-20-34(33)42-26-28-22-30(38(7,8)14-2)24-32(36(28)44)40(11,12)16-4/h21-26,33-34,43-44H,13-20H2,1-12H3. The summed E-state index contributed by atoms with van der Waals surface area (Å²) < 4.78 is 0. The molecule has 0 spiro atoms. The first-order valence-electron chi connectivity index (χ1n) is 17.3. The normalized spacial score (nSPS) is 18.9. The van der Waals surface area contributed by atoms with Crippen molar-refractivity contribution >= 4 is 12.4 Å². The van der Waals surface area contributed by atoms with Crippen molar-refractivity contribution in [1.82, 2.24) is 0 Å². The van der Waals surface area contributed by atoms with Crippen LogP contribution < -0.4 is 0 Å². The molecule has 0 aliphatic heterocycles. The van der Waals surface area contributed by atoms with Crippen molar-refractivity contribution in [3.8, 4) is 11.5 Å². The molecule has 3 rings (SSSR count). The van der Waals surface area contributed by atoms with Crippen LogP contribution in [0.4, 0.5) is 0 Å². The molecule has 0 radical (unpaired) electrons. The zero-order valence-corrected chi connectivity index (χ0v) is 30.1. The van der Waals surface area contributed by atoms with Crippen molar-refractivity contribution in [3.05, 3.63) is 57.6 Å². The number of phenols is 2. The molecule has 4 heteroatoms. The summed E-state index contributed by atoms with van der Waals surface area (Å²) >= 11 is 0. The molecule has 2 N–H and O–H groups in total. The Morgan fingerprint density at radius 1 is 0.568 bits per heavy atom. The lowest BCUT2D eigenvalue weighted by Crippen LogP contribution is -2.27. The Morgan fingerprint density at radius 3 is 1.18 bits per heavy atom. The van der Waals surface area contributed by atoms with Crippen molar-refractivity contribution in [2.24, 2.45) is 9.98 Å². The topological polar surface area (TPSA) is 65.2 Å². The Balaban J connectivity index is 2.04. The Labute approximate surface area is 269 Å². The minimum Gasteiger partial charge on any atom is -0.507 e. The molecule has 0 bridgehead atoms. The number of phenolic OH excluding ortho intramolecular Hbond substituents is 2. The molecule has 4 nitrogen and oxygen atoms in total. The second kappa shape index (κ2) is 13.8.